The first-order valence-corrected chi connectivity index (χ1v) is 2.89. The lowest BCUT2D eigenvalue weighted by Crippen LogP contribution is -2.48. The van der Waals surface area contributed by atoms with Crippen LogP contribution >= 0.6 is 0 Å². The van der Waals surface area contributed by atoms with Crippen LogP contribution in [0.2, 0.25) is 0 Å². The molecular weight excluding hydrogens is 104 g/mol. The van der Waals surface area contributed by atoms with Crippen LogP contribution in [0.3, 0.4) is 0 Å². The molecule has 1 heterocycles. The zero-order valence-electron chi connectivity index (χ0n) is 4.84. The van der Waals surface area contributed by atoms with E-state index in [2.05, 4.69) is 0 Å². The van der Waals surface area contributed by atoms with Crippen molar-refractivity contribution in [3.63, 3.8) is 0 Å². The van der Waals surface area contributed by atoms with Gasteiger partial charge in [-0.3, -0.25) is 0 Å². The maximum atomic E-state index is 5.57. The number of ether oxygens (including phenoxy) is 1. The summed E-state index contributed by atoms with van der Waals surface area (Å²) in [6, 6.07) is 0.215. The van der Waals surface area contributed by atoms with Crippen molar-refractivity contribution in [2.24, 2.45) is 11.5 Å². The molecule has 4 N–H and O–H groups in total. The van der Waals surface area contributed by atoms with Crippen molar-refractivity contribution in [1.82, 2.24) is 0 Å². The average Bonchev–Trinajstić information content (AvgIpc) is 1.77. The van der Waals surface area contributed by atoms with Crippen LogP contribution < -0.4 is 11.5 Å². The highest BCUT2D eigenvalue weighted by atomic mass is 16.5. The molecule has 2 atom stereocenters. The minimum absolute atomic E-state index is 0.0590. The van der Waals surface area contributed by atoms with Gasteiger partial charge in [0.05, 0.1) is 6.61 Å². The second kappa shape index (κ2) is 2.44. The fourth-order valence-corrected chi connectivity index (χ4v) is 0.777. The molecule has 1 aliphatic rings. The molecule has 3 heteroatoms. The van der Waals surface area contributed by atoms with Crippen molar-refractivity contribution in [1.29, 1.82) is 0 Å². The van der Waals surface area contributed by atoms with Crippen molar-refractivity contribution in [3.8, 4) is 0 Å². The predicted octanol–water partition coefficient (Wildman–Crippen LogP) is -0.939. The average molecular weight is 116 g/mol. The zero-order valence-corrected chi connectivity index (χ0v) is 4.84. The quantitative estimate of drug-likeness (QED) is 0.429. The molecule has 3 nitrogen and oxygen atoms in total. The number of hydrogen-bond acceptors (Lipinski definition) is 3. The number of nitrogens with two attached hydrogens (primary N) is 2. The van der Waals surface area contributed by atoms with Crippen LogP contribution in [0.1, 0.15) is 6.42 Å². The Morgan fingerprint density at radius 3 is 2.38 bits per heavy atom. The minimum Gasteiger partial charge on any atom is -0.380 e. The lowest BCUT2D eigenvalue weighted by atomic mass is 10.1. The fourth-order valence-electron chi connectivity index (χ4n) is 0.777. The summed E-state index contributed by atoms with van der Waals surface area (Å²) in [5.74, 6) is 0. The normalized spacial score (nSPS) is 39.8. The smallest absolute Gasteiger partial charge is 0.0632 e. The lowest BCUT2D eigenvalue weighted by Gasteiger charge is -2.24. The van der Waals surface area contributed by atoms with Crippen LogP contribution in [-0.4, -0.2) is 25.3 Å². The van der Waals surface area contributed by atoms with E-state index in [4.69, 9.17) is 16.2 Å². The summed E-state index contributed by atoms with van der Waals surface area (Å²) in [6.07, 6.45) is 0.904. The Morgan fingerprint density at radius 1 is 1.25 bits per heavy atom. The molecule has 0 bridgehead atoms. The Bertz CT molecular complexity index is 66.8. The van der Waals surface area contributed by atoms with Crippen molar-refractivity contribution >= 4 is 0 Å². The van der Waals surface area contributed by atoms with Gasteiger partial charge in [-0.25, -0.2) is 0 Å². The Labute approximate surface area is 49.0 Å². The van der Waals surface area contributed by atoms with Gasteiger partial charge < -0.3 is 16.2 Å². The topological polar surface area (TPSA) is 61.3 Å². The van der Waals surface area contributed by atoms with E-state index in [0.29, 0.717) is 6.61 Å². The maximum absolute atomic E-state index is 5.57. The van der Waals surface area contributed by atoms with E-state index in [0.717, 1.165) is 13.0 Å². The molecule has 1 rings (SSSR count). The van der Waals surface area contributed by atoms with Crippen LogP contribution in [-0.2, 0) is 4.74 Å². The van der Waals surface area contributed by atoms with Gasteiger partial charge in [0.1, 0.15) is 0 Å². The standard InChI is InChI=1S/C5H12N2O/c6-4-1-2-8-3-5(4)7/h4-5H,1-3,6-7H2. The molecule has 8 heavy (non-hydrogen) atoms. The highest BCUT2D eigenvalue weighted by Gasteiger charge is 2.17. The van der Waals surface area contributed by atoms with E-state index in [1.165, 1.54) is 0 Å². The Morgan fingerprint density at radius 2 is 2.00 bits per heavy atom. The molecule has 0 amide bonds. The first-order valence-electron chi connectivity index (χ1n) is 2.89. The van der Waals surface area contributed by atoms with E-state index in [1.807, 2.05) is 0 Å². The summed E-state index contributed by atoms with van der Waals surface area (Å²) < 4.78 is 5.05. The zero-order chi connectivity index (χ0) is 5.98. The third-order valence-electron chi connectivity index (χ3n) is 1.46. The van der Waals surface area contributed by atoms with Gasteiger partial charge >= 0.3 is 0 Å². The number of rotatable bonds is 0. The number of hydrogen-bond donors (Lipinski definition) is 2. The predicted molar refractivity (Wildman–Crippen MR) is 31.4 cm³/mol. The molecule has 0 aromatic carbocycles. The molecule has 0 radical (unpaired) electrons. The van der Waals surface area contributed by atoms with Crippen LogP contribution in [0.5, 0.6) is 0 Å². The monoisotopic (exact) mass is 116 g/mol. The van der Waals surface area contributed by atoms with Gasteiger partial charge in [-0.05, 0) is 6.42 Å². The minimum atomic E-state index is 0.0590. The summed E-state index contributed by atoms with van der Waals surface area (Å²) in [7, 11) is 0. The third-order valence-corrected chi connectivity index (χ3v) is 1.46. The van der Waals surface area contributed by atoms with Gasteiger partial charge in [-0.15, -0.1) is 0 Å². The van der Waals surface area contributed by atoms with Gasteiger partial charge in [0.25, 0.3) is 0 Å². The molecule has 0 aromatic rings. The van der Waals surface area contributed by atoms with Gasteiger partial charge in [0, 0.05) is 18.7 Å². The van der Waals surface area contributed by atoms with Crippen molar-refractivity contribution < 1.29 is 4.74 Å². The van der Waals surface area contributed by atoms with E-state index >= 15 is 0 Å². The van der Waals surface area contributed by atoms with E-state index in [-0.39, 0.29) is 12.1 Å². The molecule has 1 saturated heterocycles. The molecule has 2 unspecified atom stereocenters. The Kier molecular flexibility index (Phi) is 1.83. The summed E-state index contributed by atoms with van der Waals surface area (Å²) >= 11 is 0. The molecule has 0 spiro atoms. The summed E-state index contributed by atoms with van der Waals surface area (Å²) in [6.45, 7) is 1.40. The molecule has 0 saturated carbocycles. The molecule has 1 fully saturated rings. The first kappa shape index (κ1) is 6.01. The first-order chi connectivity index (χ1) is 3.80. The van der Waals surface area contributed by atoms with Gasteiger partial charge in [-0.2, -0.15) is 0 Å². The van der Waals surface area contributed by atoms with Gasteiger partial charge in [-0.1, -0.05) is 0 Å². The van der Waals surface area contributed by atoms with Crippen LogP contribution in [0, 0.1) is 0 Å². The summed E-state index contributed by atoms with van der Waals surface area (Å²) in [5, 5.41) is 0. The Balaban J connectivity index is 2.28. The molecular formula is C5H12N2O. The largest absolute Gasteiger partial charge is 0.380 e. The van der Waals surface area contributed by atoms with Gasteiger partial charge in [0.2, 0.25) is 0 Å². The lowest BCUT2D eigenvalue weighted by molar-refractivity contribution is 0.0711. The van der Waals surface area contributed by atoms with Gasteiger partial charge in [0.15, 0.2) is 0 Å². The summed E-state index contributed by atoms with van der Waals surface area (Å²) in [5.41, 5.74) is 11.1. The molecule has 0 aliphatic carbocycles. The van der Waals surface area contributed by atoms with E-state index in [1.54, 1.807) is 0 Å². The second-order valence-corrected chi connectivity index (χ2v) is 2.19. The second-order valence-electron chi connectivity index (χ2n) is 2.19. The van der Waals surface area contributed by atoms with Crippen molar-refractivity contribution in [2.45, 2.75) is 18.5 Å². The fraction of sp³-hybridized carbons (Fsp3) is 1.00. The van der Waals surface area contributed by atoms with Crippen LogP contribution in [0.25, 0.3) is 0 Å². The Hall–Kier alpha value is -0.120. The molecule has 1 aliphatic heterocycles. The highest BCUT2D eigenvalue weighted by Crippen LogP contribution is 2.01. The van der Waals surface area contributed by atoms with Crippen LogP contribution in [0.4, 0.5) is 0 Å². The van der Waals surface area contributed by atoms with Crippen molar-refractivity contribution in [3.05, 3.63) is 0 Å². The molecule has 0 aromatic heterocycles. The molecule has 48 valence electrons. The van der Waals surface area contributed by atoms with E-state index in [9.17, 15) is 0 Å². The maximum Gasteiger partial charge on any atom is 0.0632 e. The van der Waals surface area contributed by atoms with E-state index < -0.39 is 0 Å². The van der Waals surface area contributed by atoms with Crippen molar-refractivity contribution in [2.75, 3.05) is 13.2 Å². The SMILES string of the molecule is NC1CCOCC1N. The third kappa shape index (κ3) is 1.18. The highest BCUT2D eigenvalue weighted by molar-refractivity contribution is 4.78. The van der Waals surface area contributed by atoms with Crippen LogP contribution in [0.15, 0.2) is 0 Å². The summed E-state index contributed by atoms with van der Waals surface area (Å²) in [4.78, 5) is 0.